The van der Waals surface area contributed by atoms with E-state index in [1.54, 1.807) is 0 Å². The Kier molecular flexibility index (Phi) is 14.5. The number of aliphatic carboxylic acids is 1. The second-order valence-electron chi connectivity index (χ2n) is 7.53. The Balaban J connectivity index is 3.92. The van der Waals surface area contributed by atoms with Crippen molar-refractivity contribution in [2.45, 2.75) is 104 Å². The summed E-state index contributed by atoms with van der Waals surface area (Å²) in [5.74, 6) is -0.832. The molecule has 0 fully saturated rings. The summed E-state index contributed by atoms with van der Waals surface area (Å²) in [5, 5.41) is 14.8. The van der Waals surface area contributed by atoms with Crippen molar-refractivity contribution < 1.29 is 14.7 Å². The number of carbonyl (C=O) groups is 2. The van der Waals surface area contributed by atoms with Gasteiger partial charge in [-0.3, -0.25) is 9.59 Å². The fourth-order valence-corrected chi connectivity index (χ4v) is 2.84. The van der Waals surface area contributed by atoms with Crippen LogP contribution in [0.4, 0.5) is 0 Å². The molecule has 0 saturated carbocycles. The molecule has 0 aliphatic rings. The molecule has 0 aromatic carbocycles. The molecule has 5 nitrogen and oxygen atoms in total. The zero-order valence-corrected chi connectivity index (χ0v) is 16.8. The van der Waals surface area contributed by atoms with E-state index in [9.17, 15) is 9.59 Å². The van der Waals surface area contributed by atoms with Gasteiger partial charge >= 0.3 is 5.97 Å². The summed E-state index contributed by atoms with van der Waals surface area (Å²) in [6.07, 6.45) is 12.2. The van der Waals surface area contributed by atoms with Crippen LogP contribution >= 0.6 is 0 Å². The molecule has 0 radical (unpaired) electrons. The van der Waals surface area contributed by atoms with Gasteiger partial charge in [-0.2, -0.15) is 0 Å². The molecule has 0 aromatic heterocycles. The predicted octanol–water partition coefficient (Wildman–Crippen LogP) is 4.11. The Hall–Kier alpha value is -1.10. The quantitative estimate of drug-likeness (QED) is 0.364. The summed E-state index contributed by atoms with van der Waals surface area (Å²) < 4.78 is 0. The molecule has 0 saturated heterocycles. The third-order valence-electron chi connectivity index (χ3n) is 4.42. The lowest BCUT2D eigenvalue weighted by Crippen LogP contribution is -2.49. The molecule has 0 aliphatic heterocycles. The van der Waals surface area contributed by atoms with Crippen molar-refractivity contribution in [3.63, 3.8) is 0 Å². The van der Waals surface area contributed by atoms with Gasteiger partial charge in [0.1, 0.15) is 6.04 Å². The molecule has 0 rings (SSSR count). The van der Waals surface area contributed by atoms with E-state index in [2.05, 4.69) is 31.4 Å². The van der Waals surface area contributed by atoms with Gasteiger partial charge in [0.2, 0.25) is 5.91 Å². The van der Waals surface area contributed by atoms with E-state index < -0.39 is 12.0 Å². The predicted molar refractivity (Wildman–Crippen MR) is 104 cm³/mol. The van der Waals surface area contributed by atoms with Crippen molar-refractivity contribution in [3.05, 3.63) is 0 Å². The van der Waals surface area contributed by atoms with E-state index in [4.69, 9.17) is 5.11 Å². The number of carboxylic acids is 1. The van der Waals surface area contributed by atoms with Gasteiger partial charge in [-0.25, -0.2) is 0 Å². The van der Waals surface area contributed by atoms with E-state index in [1.165, 1.54) is 58.3 Å². The fourth-order valence-electron chi connectivity index (χ4n) is 2.84. The van der Waals surface area contributed by atoms with Crippen LogP contribution < -0.4 is 10.6 Å². The molecule has 0 heterocycles. The highest BCUT2D eigenvalue weighted by atomic mass is 16.4. The number of hydrogen-bond acceptors (Lipinski definition) is 3. The second kappa shape index (κ2) is 15.2. The number of amides is 1. The lowest BCUT2D eigenvalue weighted by molar-refractivity contribution is -0.141. The SMILES string of the molecule is CCCCCCCCCCCN[C@@H](CC(C)C)C(=O)N[C@@H](C)C(=O)O. The first kappa shape index (κ1) is 23.9. The van der Waals surface area contributed by atoms with Crippen LogP contribution in [-0.2, 0) is 9.59 Å². The molecule has 0 aromatic rings. The Morgan fingerprint density at radius 1 is 0.880 bits per heavy atom. The van der Waals surface area contributed by atoms with Crippen LogP contribution in [-0.4, -0.2) is 35.6 Å². The molecular formula is C20H40N2O3. The van der Waals surface area contributed by atoms with Gasteiger partial charge in [0.15, 0.2) is 0 Å². The molecule has 0 unspecified atom stereocenters. The molecule has 25 heavy (non-hydrogen) atoms. The van der Waals surface area contributed by atoms with E-state index in [1.807, 2.05) is 0 Å². The number of hydrogen-bond donors (Lipinski definition) is 3. The van der Waals surface area contributed by atoms with Gasteiger partial charge in [0.25, 0.3) is 0 Å². The van der Waals surface area contributed by atoms with Crippen molar-refractivity contribution >= 4 is 11.9 Å². The number of carbonyl (C=O) groups excluding carboxylic acids is 1. The summed E-state index contributed by atoms with van der Waals surface area (Å²) in [6.45, 7) is 8.68. The van der Waals surface area contributed by atoms with Crippen LogP contribution in [0.25, 0.3) is 0 Å². The standard InChI is InChI=1S/C20H40N2O3/c1-5-6-7-8-9-10-11-12-13-14-21-18(15-16(2)3)19(23)22-17(4)20(24)25/h16-18,21H,5-15H2,1-4H3,(H,22,23)(H,24,25)/t17-,18-/m0/s1. The lowest BCUT2D eigenvalue weighted by atomic mass is 10.0. The molecule has 3 N–H and O–H groups in total. The zero-order valence-electron chi connectivity index (χ0n) is 16.8. The average Bonchev–Trinajstić information content (AvgIpc) is 2.54. The third kappa shape index (κ3) is 13.8. The highest BCUT2D eigenvalue weighted by Gasteiger charge is 2.22. The van der Waals surface area contributed by atoms with Crippen LogP contribution in [0.1, 0.15) is 91.9 Å². The molecule has 1 amide bonds. The highest BCUT2D eigenvalue weighted by molar-refractivity contribution is 5.86. The van der Waals surface area contributed by atoms with Gasteiger partial charge in [-0.05, 0) is 32.2 Å². The van der Waals surface area contributed by atoms with Crippen molar-refractivity contribution in [2.24, 2.45) is 5.92 Å². The zero-order chi connectivity index (χ0) is 19.1. The summed E-state index contributed by atoms with van der Waals surface area (Å²) in [7, 11) is 0. The first-order chi connectivity index (χ1) is 11.9. The highest BCUT2D eigenvalue weighted by Crippen LogP contribution is 2.10. The number of carboxylic acid groups (broad SMARTS) is 1. The number of unbranched alkanes of at least 4 members (excludes halogenated alkanes) is 8. The molecular weight excluding hydrogens is 316 g/mol. The average molecular weight is 357 g/mol. The topological polar surface area (TPSA) is 78.4 Å². The summed E-state index contributed by atoms with van der Waals surface area (Å²) in [4.78, 5) is 23.1. The van der Waals surface area contributed by atoms with Crippen molar-refractivity contribution in [3.8, 4) is 0 Å². The first-order valence-corrected chi connectivity index (χ1v) is 10.1. The maximum Gasteiger partial charge on any atom is 0.325 e. The molecule has 0 aliphatic carbocycles. The van der Waals surface area contributed by atoms with Crippen LogP contribution in [0.5, 0.6) is 0 Å². The van der Waals surface area contributed by atoms with Crippen LogP contribution in [0.15, 0.2) is 0 Å². The van der Waals surface area contributed by atoms with Crippen molar-refractivity contribution in [1.29, 1.82) is 0 Å². The minimum Gasteiger partial charge on any atom is -0.480 e. The van der Waals surface area contributed by atoms with E-state index in [-0.39, 0.29) is 11.9 Å². The van der Waals surface area contributed by atoms with E-state index >= 15 is 0 Å². The molecule has 0 spiro atoms. The van der Waals surface area contributed by atoms with Gasteiger partial charge in [0.05, 0.1) is 6.04 Å². The largest absolute Gasteiger partial charge is 0.480 e. The minimum absolute atomic E-state index is 0.209. The van der Waals surface area contributed by atoms with Crippen molar-refractivity contribution in [2.75, 3.05) is 6.54 Å². The lowest BCUT2D eigenvalue weighted by Gasteiger charge is -2.21. The fraction of sp³-hybridized carbons (Fsp3) is 0.900. The molecule has 5 heteroatoms. The van der Waals surface area contributed by atoms with E-state index in [0.29, 0.717) is 5.92 Å². The Morgan fingerprint density at radius 3 is 1.88 bits per heavy atom. The molecule has 0 bridgehead atoms. The number of rotatable bonds is 16. The third-order valence-corrected chi connectivity index (χ3v) is 4.42. The first-order valence-electron chi connectivity index (χ1n) is 10.1. The monoisotopic (exact) mass is 356 g/mol. The Bertz CT molecular complexity index is 359. The maximum atomic E-state index is 12.2. The minimum atomic E-state index is -1.00. The van der Waals surface area contributed by atoms with Crippen LogP contribution in [0.3, 0.4) is 0 Å². The molecule has 2 atom stereocenters. The normalized spacial score (nSPS) is 13.6. The van der Waals surface area contributed by atoms with Gasteiger partial charge in [-0.15, -0.1) is 0 Å². The Labute approximate surface area is 154 Å². The second-order valence-corrected chi connectivity index (χ2v) is 7.53. The van der Waals surface area contributed by atoms with Crippen molar-refractivity contribution in [1.82, 2.24) is 10.6 Å². The van der Waals surface area contributed by atoms with Crippen LogP contribution in [0.2, 0.25) is 0 Å². The maximum absolute atomic E-state index is 12.2. The van der Waals surface area contributed by atoms with Gasteiger partial charge < -0.3 is 15.7 Å². The molecule has 148 valence electrons. The van der Waals surface area contributed by atoms with Gasteiger partial charge in [0, 0.05) is 0 Å². The summed E-state index contributed by atoms with van der Waals surface area (Å²) in [5.41, 5.74) is 0. The van der Waals surface area contributed by atoms with E-state index in [0.717, 1.165) is 19.4 Å². The van der Waals surface area contributed by atoms with Crippen LogP contribution in [0, 0.1) is 5.92 Å². The summed E-state index contributed by atoms with van der Waals surface area (Å²) >= 11 is 0. The van der Waals surface area contributed by atoms with Gasteiger partial charge in [-0.1, -0.05) is 72.1 Å². The smallest absolute Gasteiger partial charge is 0.325 e. The number of nitrogens with one attached hydrogen (secondary N) is 2. The summed E-state index contributed by atoms with van der Waals surface area (Å²) in [6, 6.07) is -1.16. The Morgan fingerprint density at radius 2 is 1.40 bits per heavy atom.